The van der Waals surface area contributed by atoms with Gasteiger partial charge in [-0.15, -0.1) is 0 Å². The quantitative estimate of drug-likeness (QED) is 0.509. The monoisotopic (exact) mass is 435 g/mol. The van der Waals surface area contributed by atoms with Crippen molar-refractivity contribution in [3.63, 3.8) is 0 Å². The standard InChI is InChI=1S/C25H33N5S/c1-2-31(30-16-6-3-7-17-30)29-21-12-9-19(10-13-21)25-27-23-14-11-20(18-24(23)28-25)22-8-4-5-15-26-22/h2,4-5,8,11,14-15,18-19,21,29H,3,6-7,9-10,12-13,16-17H2,1H3,(H,27,28). The summed E-state index contributed by atoms with van der Waals surface area (Å²) in [4.78, 5) is 13.0. The summed E-state index contributed by atoms with van der Waals surface area (Å²) in [5.41, 5.74) is 4.31. The van der Waals surface area contributed by atoms with Crippen molar-refractivity contribution in [3.05, 3.63) is 48.4 Å². The summed E-state index contributed by atoms with van der Waals surface area (Å²) >= 11 is 0. The summed E-state index contributed by atoms with van der Waals surface area (Å²) in [6.45, 7) is 4.70. The summed E-state index contributed by atoms with van der Waals surface area (Å²) in [5, 5.41) is 2.37. The van der Waals surface area contributed by atoms with E-state index in [2.05, 4.69) is 55.6 Å². The van der Waals surface area contributed by atoms with E-state index in [1.807, 2.05) is 18.3 Å². The number of imidazole rings is 1. The van der Waals surface area contributed by atoms with Crippen molar-refractivity contribution in [2.45, 2.75) is 63.8 Å². The van der Waals surface area contributed by atoms with Gasteiger partial charge in [0.1, 0.15) is 5.82 Å². The first-order valence-electron chi connectivity index (χ1n) is 11.7. The van der Waals surface area contributed by atoms with E-state index in [0.29, 0.717) is 12.0 Å². The van der Waals surface area contributed by atoms with Crippen molar-refractivity contribution >= 4 is 27.3 Å². The molecule has 1 atom stereocenters. The summed E-state index contributed by atoms with van der Waals surface area (Å²) < 4.78 is 6.61. The molecular formula is C25H33N5S. The summed E-state index contributed by atoms with van der Waals surface area (Å²) in [6, 6.07) is 13.1. The predicted molar refractivity (Wildman–Crippen MR) is 132 cm³/mol. The third kappa shape index (κ3) is 4.76. The molecular weight excluding hydrogens is 402 g/mol. The molecule has 6 heteroatoms. The topological polar surface area (TPSA) is 56.8 Å². The van der Waals surface area contributed by atoms with Crippen LogP contribution in [0, 0.1) is 0 Å². The van der Waals surface area contributed by atoms with E-state index in [4.69, 9.17) is 4.98 Å². The number of hydrogen-bond donors (Lipinski definition) is 2. The largest absolute Gasteiger partial charge is 0.342 e. The molecule has 0 bridgehead atoms. The Hall–Kier alpha value is -2.02. The van der Waals surface area contributed by atoms with Crippen molar-refractivity contribution in [3.8, 4) is 11.3 Å². The van der Waals surface area contributed by atoms with Gasteiger partial charge in [0, 0.05) is 36.8 Å². The first-order valence-corrected chi connectivity index (χ1v) is 13.0. The zero-order valence-electron chi connectivity index (χ0n) is 18.4. The summed E-state index contributed by atoms with van der Waals surface area (Å²) in [7, 11) is 0.124. The van der Waals surface area contributed by atoms with Crippen LogP contribution in [0.1, 0.15) is 63.6 Å². The highest BCUT2D eigenvalue weighted by molar-refractivity contribution is 8.11. The number of hydrogen-bond acceptors (Lipinski definition) is 4. The lowest BCUT2D eigenvalue weighted by molar-refractivity contribution is 0.354. The van der Waals surface area contributed by atoms with Gasteiger partial charge in [-0.1, -0.05) is 29.4 Å². The van der Waals surface area contributed by atoms with Crippen LogP contribution in [0.25, 0.3) is 22.3 Å². The molecule has 5 nitrogen and oxygen atoms in total. The number of nitrogens with zero attached hydrogens (tertiary/aromatic N) is 3. The Labute approximate surface area is 187 Å². The van der Waals surface area contributed by atoms with Crippen LogP contribution in [0.2, 0.25) is 0 Å². The molecule has 1 saturated heterocycles. The maximum atomic E-state index is 4.94. The third-order valence-electron chi connectivity index (χ3n) is 6.68. The van der Waals surface area contributed by atoms with E-state index in [0.717, 1.165) is 28.1 Å². The van der Waals surface area contributed by atoms with Gasteiger partial charge in [0.25, 0.3) is 0 Å². The maximum Gasteiger partial charge on any atom is 0.110 e. The number of pyridine rings is 1. The molecule has 3 heterocycles. The number of rotatable bonds is 5. The lowest BCUT2D eigenvalue weighted by Gasteiger charge is -2.35. The lowest BCUT2D eigenvalue weighted by atomic mass is 9.86. The van der Waals surface area contributed by atoms with Crippen molar-refractivity contribution in [2.24, 2.45) is 0 Å². The van der Waals surface area contributed by atoms with Crippen LogP contribution in [-0.2, 0) is 0 Å². The second-order valence-electron chi connectivity index (χ2n) is 8.78. The molecule has 5 rings (SSSR count). The van der Waals surface area contributed by atoms with Crippen molar-refractivity contribution in [2.75, 3.05) is 13.1 Å². The molecule has 1 aromatic carbocycles. The van der Waals surface area contributed by atoms with Crippen LogP contribution in [0.4, 0.5) is 0 Å². The fourth-order valence-electron chi connectivity index (χ4n) is 4.92. The number of aromatic nitrogens is 3. The maximum absolute atomic E-state index is 4.94. The average molecular weight is 436 g/mol. The van der Waals surface area contributed by atoms with Crippen LogP contribution in [-0.4, -0.2) is 43.8 Å². The highest BCUT2D eigenvalue weighted by atomic mass is 32.2. The van der Waals surface area contributed by atoms with Gasteiger partial charge in [-0.05, 0) is 75.1 Å². The van der Waals surface area contributed by atoms with Crippen LogP contribution in [0.5, 0.6) is 0 Å². The Morgan fingerprint density at radius 3 is 2.65 bits per heavy atom. The van der Waals surface area contributed by atoms with E-state index < -0.39 is 0 Å². The van der Waals surface area contributed by atoms with Crippen molar-refractivity contribution in [1.82, 2.24) is 24.0 Å². The molecule has 31 heavy (non-hydrogen) atoms. The highest BCUT2D eigenvalue weighted by Gasteiger charge is 2.26. The lowest BCUT2D eigenvalue weighted by Crippen LogP contribution is -2.36. The van der Waals surface area contributed by atoms with Gasteiger partial charge in [-0.25, -0.2) is 9.29 Å². The van der Waals surface area contributed by atoms with Gasteiger partial charge in [0.15, 0.2) is 0 Å². The Kier molecular flexibility index (Phi) is 6.48. The van der Waals surface area contributed by atoms with Gasteiger partial charge >= 0.3 is 0 Å². The molecule has 0 spiro atoms. The minimum Gasteiger partial charge on any atom is -0.342 e. The normalized spacial score (nSPS) is 23.9. The van der Waals surface area contributed by atoms with Crippen molar-refractivity contribution < 1.29 is 0 Å². The summed E-state index contributed by atoms with van der Waals surface area (Å²) in [6.07, 6.45) is 10.8. The molecule has 1 unspecified atom stereocenters. The van der Waals surface area contributed by atoms with Crippen molar-refractivity contribution in [1.29, 1.82) is 0 Å². The number of H-pyrrole nitrogens is 1. The van der Waals surface area contributed by atoms with Gasteiger partial charge < -0.3 is 4.98 Å². The van der Waals surface area contributed by atoms with E-state index in [1.165, 1.54) is 58.0 Å². The number of fused-ring (bicyclic) bond motifs is 1. The smallest absolute Gasteiger partial charge is 0.110 e. The SMILES string of the molecule is C/C=S(/NC1CCC(c2nc3ccc(-c4ccccn4)cc3[nH]2)CC1)N1CCCCC1. The number of nitrogens with one attached hydrogen (secondary N) is 2. The van der Waals surface area contributed by atoms with Gasteiger partial charge in [0.05, 0.1) is 16.7 Å². The number of piperidine rings is 1. The Morgan fingerprint density at radius 1 is 1.06 bits per heavy atom. The molecule has 164 valence electrons. The molecule has 2 aromatic heterocycles. The third-order valence-corrected chi connectivity index (χ3v) is 8.62. The van der Waals surface area contributed by atoms with Crippen LogP contribution >= 0.6 is 10.9 Å². The highest BCUT2D eigenvalue weighted by Crippen LogP contribution is 2.34. The molecule has 1 aliphatic carbocycles. The molecule has 2 aliphatic rings. The second-order valence-corrected chi connectivity index (χ2v) is 10.6. The van der Waals surface area contributed by atoms with E-state index >= 15 is 0 Å². The van der Waals surface area contributed by atoms with Gasteiger partial charge in [0.2, 0.25) is 0 Å². The molecule has 0 radical (unpaired) electrons. The first-order chi connectivity index (χ1) is 15.3. The molecule has 2 fully saturated rings. The Bertz CT molecular complexity index is 1030. The Balaban J connectivity index is 1.23. The van der Waals surface area contributed by atoms with E-state index in [1.54, 1.807) is 0 Å². The zero-order valence-corrected chi connectivity index (χ0v) is 19.2. The van der Waals surface area contributed by atoms with E-state index in [9.17, 15) is 0 Å². The number of benzene rings is 1. The van der Waals surface area contributed by atoms with Gasteiger partial charge in [-0.2, -0.15) is 0 Å². The fourth-order valence-corrected chi connectivity index (χ4v) is 6.74. The molecule has 2 N–H and O–H groups in total. The summed E-state index contributed by atoms with van der Waals surface area (Å²) in [5.74, 6) is 1.69. The average Bonchev–Trinajstić information content (AvgIpc) is 3.27. The van der Waals surface area contributed by atoms with Gasteiger partial charge in [-0.3, -0.25) is 9.71 Å². The Morgan fingerprint density at radius 2 is 1.90 bits per heavy atom. The zero-order chi connectivity index (χ0) is 21.0. The van der Waals surface area contributed by atoms with Crippen LogP contribution < -0.4 is 4.72 Å². The van der Waals surface area contributed by atoms with Crippen LogP contribution in [0.15, 0.2) is 42.6 Å². The molecule has 3 aromatic rings. The van der Waals surface area contributed by atoms with Crippen LogP contribution in [0.3, 0.4) is 0 Å². The fraction of sp³-hybridized carbons (Fsp3) is 0.480. The minimum atomic E-state index is 0.124. The molecule has 1 aliphatic heterocycles. The minimum absolute atomic E-state index is 0.124. The predicted octanol–water partition coefficient (Wildman–Crippen LogP) is 5.65. The van der Waals surface area contributed by atoms with E-state index in [-0.39, 0.29) is 10.9 Å². The molecule has 1 saturated carbocycles. The molecule has 0 amide bonds. The number of aromatic amines is 1. The first kappa shape index (κ1) is 20.9. The second kappa shape index (κ2) is 9.63.